The Hall–Kier alpha value is -6.52. The molecule has 48 heavy (non-hydrogen) atoms. The molecule has 0 unspecified atom stereocenters. The smallest absolute Gasteiger partial charge is 0.145 e. The van der Waals surface area contributed by atoms with E-state index in [-0.39, 0.29) is 0 Å². The Morgan fingerprint density at radius 3 is 1.81 bits per heavy atom. The molecule has 0 radical (unpaired) electrons. The van der Waals surface area contributed by atoms with Crippen LogP contribution in [-0.4, -0.2) is 14.5 Å². The molecule has 10 rings (SSSR count). The first-order valence-electron chi connectivity index (χ1n) is 16.2. The van der Waals surface area contributed by atoms with Crippen LogP contribution >= 0.6 is 0 Å². The average Bonchev–Trinajstić information content (AvgIpc) is 3.74. The predicted octanol–water partition coefficient (Wildman–Crippen LogP) is 11.6. The summed E-state index contributed by atoms with van der Waals surface area (Å²) < 4.78 is 8.73. The van der Waals surface area contributed by atoms with Crippen molar-refractivity contribution in [1.82, 2.24) is 14.5 Å². The van der Waals surface area contributed by atoms with Crippen molar-refractivity contribution < 1.29 is 4.42 Å². The molecule has 0 spiro atoms. The van der Waals surface area contributed by atoms with Gasteiger partial charge in [-0.1, -0.05) is 121 Å². The third kappa shape index (κ3) is 4.10. The third-order valence-electron chi connectivity index (χ3n) is 9.42. The number of pyridine rings is 1. The van der Waals surface area contributed by atoms with Crippen LogP contribution in [0.15, 0.2) is 168 Å². The van der Waals surface area contributed by atoms with E-state index in [9.17, 15) is 0 Å². The predicted molar refractivity (Wildman–Crippen MR) is 197 cm³/mol. The molecule has 3 heterocycles. The fraction of sp³-hybridized carbons (Fsp3) is 0. The van der Waals surface area contributed by atoms with Crippen LogP contribution in [0.3, 0.4) is 0 Å². The first kappa shape index (κ1) is 26.7. The Bertz CT molecular complexity index is 2810. The molecule has 4 heteroatoms. The van der Waals surface area contributed by atoms with Gasteiger partial charge >= 0.3 is 0 Å². The number of nitrogens with zero attached hydrogens (tertiary/aromatic N) is 3. The molecule has 4 nitrogen and oxygen atoms in total. The van der Waals surface area contributed by atoms with E-state index < -0.39 is 0 Å². The summed E-state index contributed by atoms with van der Waals surface area (Å²) in [5.41, 5.74) is 11.3. The molecule has 0 aliphatic heterocycles. The van der Waals surface area contributed by atoms with Gasteiger partial charge in [-0.05, 0) is 53.6 Å². The molecule has 7 aromatic carbocycles. The zero-order valence-corrected chi connectivity index (χ0v) is 25.8. The quantitative estimate of drug-likeness (QED) is 0.186. The van der Waals surface area contributed by atoms with Gasteiger partial charge in [0.1, 0.15) is 17.0 Å². The molecule has 224 valence electrons. The molecule has 0 atom stereocenters. The standard InChI is InChI=1S/C44H27N3O/c1-2-10-32(11-3-1)47-39-16-8-7-15-38(39)46-44(47)31-24-20-29(21-25-31)28-18-22-30(23-19-28)42-36-27-26-34-33-12-5-9-17-40(33)48-43(34)41(36)35-13-4-6-14-37(35)45-42/h1-27H. The van der Waals surface area contributed by atoms with Crippen LogP contribution in [0.2, 0.25) is 0 Å². The summed E-state index contributed by atoms with van der Waals surface area (Å²) in [7, 11) is 0. The molecule has 0 aliphatic carbocycles. The maximum absolute atomic E-state index is 6.50. The van der Waals surface area contributed by atoms with Crippen LogP contribution in [0, 0.1) is 0 Å². The van der Waals surface area contributed by atoms with Crippen molar-refractivity contribution in [2.75, 3.05) is 0 Å². The fourth-order valence-electron chi connectivity index (χ4n) is 7.13. The van der Waals surface area contributed by atoms with Crippen LogP contribution in [0.25, 0.3) is 94.1 Å². The van der Waals surface area contributed by atoms with Crippen molar-refractivity contribution in [2.45, 2.75) is 0 Å². The number of para-hydroxylation sites is 5. The Morgan fingerprint density at radius 2 is 1.02 bits per heavy atom. The largest absolute Gasteiger partial charge is 0.455 e. The van der Waals surface area contributed by atoms with E-state index in [1.165, 1.54) is 0 Å². The number of rotatable bonds is 4. The van der Waals surface area contributed by atoms with Gasteiger partial charge in [0.15, 0.2) is 0 Å². The van der Waals surface area contributed by atoms with Crippen molar-refractivity contribution >= 4 is 54.6 Å². The van der Waals surface area contributed by atoms with Crippen LogP contribution in [-0.2, 0) is 0 Å². The zero-order valence-electron chi connectivity index (χ0n) is 25.8. The van der Waals surface area contributed by atoms with E-state index >= 15 is 0 Å². The molecule has 0 aliphatic rings. The van der Waals surface area contributed by atoms with Gasteiger partial charge in [0.25, 0.3) is 0 Å². The second-order valence-electron chi connectivity index (χ2n) is 12.2. The maximum Gasteiger partial charge on any atom is 0.145 e. The van der Waals surface area contributed by atoms with E-state index in [2.05, 4.69) is 138 Å². The molecule has 0 bridgehead atoms. The summed E-state index contributed by atoms with van der Waals surface area (Å²) in [6.45, 7) is 0. The lowest BCUT2D eigenvalue weighted by Gasteiger charge is -2.12. The summed E-state index contributed by atoms with van der Waals surface area (Å²) >= 11 is 0. The van der Waals surface area contributed by atoms with Crippen molar-refractivity contribution in [3.63, 3.8) is 0 Å². The number of fused-ring (bicyclic) bond motifs is 8. The normalized spacial score (nSPS) is 11.8. The van der Waals surface area contributed by atoms with E-state index in [4.69, 9.17) is 14.4 Å². The Morgan fingerprint density at radius 1 is 0.417 bits per heavy atom. The number of hydrogen-bond donors (Lipinski definition) is 0. The van der Waals surface area contributed by atoms with E-state index in [0.717, 1.165) is 94.1 Å². The fourth-order valence-corrected chi connectivity index (χ4v) is 7.13. The first-order valence-corrected chi connectivity index (χ1v) is 16.2. The zero-order chi connectivity index (χ0) is 31.6. The summed E-state index contributed by atoms with van der Waals surface area (Å²) in [5, 5.41) is 5.53. The average molecular weight is 614 g/mol. The second kappa shape index (κ2) is 10.5. The highest BCUT2D eigenvalue weighted by atomic mass is 16.3. The summed E-state index contributed by atoms with van der Waals surface area (Å²) in [6, 6.07) is 57.1. The second-order valence-corrected chi connectivity index (χ2v) is 12.2. The molecule has 0 fully saturated rings. The van der Waals surface area contributed by atoms with Crippen LogP contribution in [0.5, 0.6) is 0 Å². The van der Waals surface area contributed by atoms with E-state index in [0.29, 0.717) is 0 Å². The lowest BCUT2D eigenvalue weighted by molar-refractivity contribution is 0.673. The highest BCUT2D eigenvalue weighted by Crippen LogP contribution is 2.41. The first-order chi connectivity index (χ1) is 23.8. The van der Waals surface area contributed by atoms with Gasteiger partial charge in [0, 0.05) is 43.7 Å². The monoisotopic (exact) mass is 613 g/mol. The molecular weight excluding hydrogens is 587 g/mol. The molecule has 10 aromatic rings. The highest BCUT2D eigenvalue weighted by molar-refractivity contribution is 6.24. The summed E-state index contributed by atoms with van der Waals surface area (Å²) in [4.78, 5) is 10.2. The SMILES string of the molecule is c1ccc(-n2c(-c3ccc(-c4ccc(-c5nc6ccccc6c6c5ccc5c7ccccc7oc56)cc4)cc3)nc3ccccc32)cc1. The van der Waals surface area contributed by atoms with Crippen molar-refractivity contribution in [1.29, 1.82) is 0 Å². The van der Waals surface area contributed by atoms with Gasteiger partial charge in [-0.15, -0.1) is 0 Å². The minimum Gasteiger partial charge on any atom is -0.455 e. The van der Waals surface area contributed by atoms with Crippen LogP contribution < -0.4 is 0 Å². The molecule has 0 saturated carbocycles. The van der Waals surface area contributed by atoms with Gasteiger partial charge in [0.05, 0.1) is 22.2 Å². The third-order valence-corrected chi connectivity index (χ3v) is 9.42. The van der Waals surface area contributed by atoms with Gasteiger partial charge in [0.2, 0.25) is 0 Å². The summed E-state index contributed by atoms with van der Waals surface area (Å²) in [6.07, 6.45) is 0. The number of furan rings is 1. The number of aromatic nitrogens is 3. The van der Waals surface area contributed by atoms with Crippen LogP contribution in [0.1, 0.15) is 0 Å². The van der Waals surface area contributed by atoms with Gasteiger partial charge < -0.3 is 4.42 Å². The van der Waals surface area contributed by atoms with Crippen molar-refractivity contribution in [2.24, 2.45) is 0 Å². The lowest BCUT2D eigenvalue weighted by Crippen LogP contribution is -1.97. The number of hydrogen-bond acceptors (Lipinski definition) is 3. The number of imidazole rings is 1. The topological polar surface area (TPSA) is 43.9 Å². The molecule has 3 aromatic heterocycles. The van der Waals surface area contributed by atoms with Gasteiger partial charge in [-0.3, -0.25) is 4.57 Å². The molecule has 0 N–H and O–H groups in total. The van der Waals surface area contributed by atoms with Gasteiger partial charge in [-0.2, -0.15) is 0 Å². The molecular formula is C44H27N3O. The van der Waals surface area contributed by atoms with Gasteiger partial charge in [-0.25, -0.2) is 9.97 Å². The Balaban J connectivity index is 1.06. The molecule has 0 amide bonds. The summed E-state index contributed by atoms with van der Waals surface area (Å²) in [5.74, 6) is 0.928. The van der Waals surface area contributed by atoms with Crippen molar-refractivity contribution in [3.8, 4) is 39.5 Å². The van der Waals surface area contributed by atoms with Crippen molar-refractivity contribution in [3.05, 3.63) is 164 Å². The highest BCUT2D eigenvalue weighted by Gasteiger charge is 2.18. The van der Waals surface area contributed by atoms with E-state index in [1.54, 1.807) is 0 Å². The van der Waals surface area contributed by atoms with E-state index in [1.807, 2.05) is 30.3 Å². The minimum absolute atomic E-state index is 0.898. The molecule has 0 saturated heterocycles. The lowest BCUT2D eigenvalue weighted by atomic mass is 9.96. The minimum atomic E-state index is 0.898. The maximum atomic E-state index is 6.50. The number of benzene rings is 7. The van der Waals surface area contributed by atoms with Crippen LogP contribution in [0.4, 0.5) is 0 Å². The Labute approximate surface area is 276 Å². The Kier molecular flexibility index (Phi) is 5.84.